The molecule has 246 valence electrons. The molecule has 0 fully saturated rings. The first-order chi connectivity index (χ1) is 20.2. The van der Waals surface area contributed by atoms with Crippen LogP contribution in [0.4, 0.5) is 0 Å². The SMILES string of the molecule is CCCCCCCCCCCCCCCCCCCCC(C(=O)OC(=O)CCCCCCC)C(O)(CC(=O)O)C(=O)O. The van der Waals surface area contributed by atoms with Crippen molar-refractivity contribution >= 4 is 23.9 Å². The van der Waals surface area contributed by atoms with Crippen LogP contribution in [-0.4, -0.2) is 44.8 Å². The Kier molecular flexibility index (Phi) is 25.4. The highest BCUT2D eigenvalue weighted by Crippen LogP contribution is 2.29. The Bertz CT molecular complexity index is 722. The highest BCUT2D eigenvalue weighted by Gasteiger charge is 2.50. The summed E-state index contributed by atoms with van der Waals surface area (Å²) in [6, 6.07) is 0. The number of carboxylic acid groups (broad SMARTS) is 2. The number of aliphatic carboxylic acids is 2. The lowest BCUT2D eigenvalue weighted by molar-refractivity contribution is -0.184. The predicted octanol–water partition coefficient (Wildman–Crippen LogP) is 8.76. The third-order valence-corrected chi connectivity index (χ3v) is 8.20. The molecule has 0 aromatic heterocycles. The largest absolute Gasteiger partial charge is 0.481 e. The van der Waals surface area contributed by atoms with Crippen LogP contribution in [0.5, 0.6) is 0 Å². The first-order valence-electron chi connectivity index (χ1n) is 17.1. The normalized spacial score (nSPS) is 13.4. The fourth-order valence-electron chi connectivity index (χ4n) is 5.49. The summed E-state index contributed by atoms with van der Waals surface area (Å²) in [5.74, 6) is -6.91. The molecular formula is C34H62O8. The second-order valence-corrected chi connectivity index (χ2v) is 12.1. The van der Waals surface area contributed by atoms with Crippen LogP contribution in [0.1, 0.15) is 181 Å². The highest BCUT2D eigenvalue weighted by atomic mass is 16.6. The zero-order chi connectivity index (χ0) is 31.5. The van der Waals surface area contributed by atoms with Crippen LogP contribution in [0.15, 0.2) is 0 Å². The van der Waals surface area contributed by atoms with Crippen molar-refractivity contribution < 1.29 is 39.2 Å². The van der Waals surface area contributed by atoms with E-state index in [1.165, 1.54) is 83.5 Å². The summed E-state index contributed by atoms with van der Waals surface area (Å²) in [5, 5.41) is 29.5. The Labute approximate surface area is 255 Å². The minimum Gasteiger partial charge on any atom is -0.481 e. The molecule has 0 aliphatic rings. The number of unbranched alkanes of at least 4 members (excludes halogenated alkanes) is 21. The van der Waals surface area contributed by atoms with Crippen molar-refractivity contribution in [1.82, 2.24) is 0 Å². The highest BCUT2D eigenvalue weighted by molar-refractivity contribution is 5.93. The number of carbonyl (C=O) groups excluding carboxylic acids is 2. The van der Waals surface area contributed by atoms with Crippen molar-refractivity contribution in [2.24, 2.45) is 5.92 Å². The molecule has 0 bridgehead atoms. The Morgan fingerprint density at radius 1 is 0.571 bits per heavy atom. The van der Waals surface area contributed by atoms with E-state index in [9.17, 15) is 34.5 Å². The van der Waals surface area contributed by atoms with Crippen LogP contribution in [0.2, 0.25) is 0 Å². The van der Waals surface area contributed by atoms with Gasteiger partial charge in [0, 0.05) is 6.42 Å². The van der Waals surface area contributed by atoms with Crippen LogP contribution < -0.4 is 0 Å². The molecule has 3 N–H and O–H groups in total. The number of aliphatic hydroxyl groups is 1. The summed E-state index contributed by atoms with van der Waals surface area (Å²) in [5.41, 5.74) is -2.83. The minimum absolute atomic E-state index is 0.0196. The first kappa shape index (κ1) is 40.0. The molecule has 0 amide bonds. The summed E-state index contributed by atoms with van der Waals surface area (Å²) in [6.07, 6.45) is 24.7. The van der Waals surface area contributed by atoms with Crippen molar-refractivity contribution in [3.05, 3.63) is 0 Å². The Morgan fingerprint density at radius 2 is 0.929 bits per heavy atom. The lowest BCUT2D eigenvalue weighted by Gasteiger charge is -2.29. The van der Waals surface area contributed by atoms with Gasteiger partial charge in [-0.2, -0.15) is 0 Å². The molecule has 0 aromatic carbocycles. The summed E-state index contributed by atoms with van der Waals surface area (Å²) in [6.45, 7) is 4.33. The van der Waals surface area contributed by atoms with Crippen molar-refractivity contribution in [3.8, 4) is 0 Å². The number of esters is 2. The second-order valence-electron chi connectivity index (χ2n) is 12.1. The fourth-order valence-corrected chi connectivity index (χ4v) is 5.49. The van der Waals surface area contributed by atoms with Gasteiger partial charge in [-0.15, -0.1) is 0 Å². The summed E-state index contributed by atoms with van der Waals surface area (Å²) >= 11 is 0. The number of rotatable bonds is 30. The number of ether oxygens (including phenoxy) is 1. The van der Waals surface area contributed by atoms with E-state index in [0.29, 0.717) is 12.8 Å². The molecule has 0 saturated heterocycles. The number of carbonyl (C=O) groups is 4. The van der Waals surface area contributed by atoms with Gasteiger partial charge in [0.2, 0.25) is 0 Å². The van der Waals surface area contributed by atoms with Crippen molar-refractivity contribution in [1.29, 1.82) is 0 Å². The maximum Gasteiger partial charge on any atom is 0.337 e. The maximum atomic E-state index is 12.8. The second kappa shape index (κ2) is 26.7. The predicted molar refractivity (Wildman–Crippen MR) is 166 cm³/mol. The molecule has 0 aromatic rings. The van der Waals surface area contributed by atoms with Gasteiger partial charge in [-0.1, -0.05) is 155 Å². The van der Waals surface area contributed by atoms with Gasteiger partial charge in [0.15, 0.2) is 5.60 Å². The first-order valence-corrected chi connectivity index (χ1v) is 17.1. The quantitative estimate of drug-likeness (QED) is 0.0424. The van der Waals surface area contributed by atoms with Crippen LogP contribution in [-0.2, 0) is 23.9 Å². The lowest BCUT2D eigenvalue weighted by atomic mass is 9.81. The van der Waals surface area contributed by atoms with Gasteiger partial charge >= 0.3 is 23.9 Å². The minimum atomic E-state index is -2.83. The van der Waals surface area contributed by atoms with Crippen LogP contribution in [0.3, 0.4) is 0 Å². The Balaban J connectivity index is 4.32. The molecule has 0 saturated carbocycles. The van der Waals surface area contributed by atoms with E-state index in [2.05, 4.69) is 13.8 Å². The monoisotopic (exact) mass is 598 g/mol. The van der Waals surface area contributed by atoms with E-state index in [1.807, 2.05) is 0 Å². The number of hydrogen-bond acceptors (Lipinski definition) is 6. The van der Waals surface area contributed by atoms with Crippen molar-refractivity contribution in [3.63, 3.8) is 0 Å². The fraction of sp³-hybridized carbons (Fsp3) is 0.882. The van der Waals surface area contributed by atoms with Crippen molar-refractivity contribution in [2.45, 2.75) is 186 Å². The molecule has 8 nitrogen and oxygen atoms in total. The molecule has 42 heavy (non-hydrogen) atoms. The third-order valence-electron chi connectivity index (χ3n) is 8.20. The van der Waals surface area contributed by atoms with Crippen LogP contribution >= 0.6 is 0 Å². The summed E-state index contributed by atoms with van der Waals surface area (Å²) < 4.78 is 4.89. The summed E-state index contributed by atoms with van der Waals surface area (Å²) in [7, 11) is 0. The molecule has 0 spiro atoms. The summed E-state index contributed by atoms with van der Waals surface area (Å²) in [4.78, 5) is 48.1. The average molecular weight is 599 g/mol. The van der Waals surface area contributed by atoms with Gasteiger partial charge in [-0.25, -0.2) is 4.79 Å². The average Bonchev–Trinajstić information content (AvgIpc) is 2.93. The molecule has 0 aliphatic heterocycles. The molecule has 8 heteroatoms. The van der Waals surface area contributed by atoms with E-state index in [0.717, 1.165) is 51.4 Å². The van der Waals surface area contributed by atoms with Gasteiger partial charge in [0.05, 0.1) is 12.3 Å². The molecule has 0 radical (unpaired) electrons. The topological polar surface area (TPSA) is 138 Å². The van der Waals surface area contributed by atoms with Crippen LogP contribution in [0.25, 0.3) is 0 Å². The van der Waals surface area contributed by atoms with Gasteiger partial charge in [0.1, 0.15) is 0 Å². The zero-order valence-electron chi connectivity index (χ0n) is 26.8. The standard InChI is InChI=1S/C34H62O8/c1-3-5-7-9-10-11-12-13-14-15-16-17-18-19-20-21-23-24-26-29(34(41,33(39)40)28-30(35)36)32(38)42-31(37)27-25-22-8-6-4-2/h29,41H,3-28H2,1-2H3,(H,35,36)(H,39,40). The molecule has 2 atom stereocenters. The van der Waals surface area contributed by atoms with Gasteiger partial charge in [0.25, 0.3) is 0 Å². The van der Waals surface area contributed by atoms with Gasteiger partial charge in [-0.05, 0) is 12.8 Å². The third kappa shape index (κ3) is 20.8. The smallest absolute Gasteiger partial charge is 0.337 e. The van der Waals surface area contributed by atoms with Gasteiger partial charge < -0.3 is 20.1 Å². The maximum absolute atomic E-state index is 12.8. The van der Waals surface area contributed by atoms with Gasteiger partial charge in [-0.3, -0.25) is 14.4 Å². The lowest BCUT2D eigenvalue weighted by Crippen LogP contribution is -2.51. The van der Waals surface area contributed by atoms with E-state index >= 15 is 0 Å². The zero-order valence-corrected chi connectivity index (χ0v) is 26.8. The number of hydrogen-bond donors (Lipinski definition) is 3. The Hall–Kier alpha value is -1.96. The molecule has 2 unspecified atom stereocenters. The van der Waals surface area contributed by atoms with E-state index < -0.39 is 41.8 Å². The van der Waals surface area contributed by atoms with E-state index in [-0.39, 0.29) is 12.8 Å². The number of carboxylic acids is 2. The van der Waals surface area contributed by atoms with Crippen molar-refractivity contribution in [2.75, 3.05) is 0 Å². The molecule has 0 heterocycles. The van der Waals surface area contributed by atoms with E-state index in [4.69, 9.17) is 4.74 Å². The molecule has 0 aliphatic carbocycles. The van der Waals surface area contributed by atoms with Crippen LogP contribution in [0, 0.1) is 5.92 Å². The molecular weight excluding hydrogens is 536 g/mol. The Morgan fingerprint density at radius 3 is 1.29 bits per heavy atom. The van der Waals surface area contributed by atoms with E-state index in [1.54, 1.807) is 0 Å². The molecule has 0 rings (SSSR count).